The summed E-state index contributed by atoms with van der Waals surface area (Å²) in [7, 11) is 3.16. The van der Waals surface area contributed by atoms with Crippen molar-refractivity contribution >= 4 is 0 Å². The lowest BCUT2D eigenvalue weighted by molar-refractivity contribution is 0.155. The van der Waals surface area contributed by atoms with Gasteiger partial charge < -0.3 is 19.9 Å². The molecular weight excluding hydrogens is 268 g/mol. The fourth-order valence-electron chi connectivity index (χ4n) is 3.24. The molecule has 1 aliphatic carbocycles. The highest BCUT2D eigenvalue weighted by molar-refractivity contribution is 5.53. The molecule has 0 bridgehead atoms. The fraction of sp³-hybridized carbons (Fsp3) is 0.625. The van der Waals surface area contributed by atoms with Crippen LogP contribution in [0.2, 0.25) is 0 Å². The summed E-state index contributed by atoms with van der Waals surface area (Å²) in [5.41, 5.74) is 1.19. The van der Waals surface area contributed by atoms with Crippen LogP contribution in [0.1, 0.15) is 24.4 Å². The van der Waals surface area contributed by atoms with Crippen molar-refractivity contribution in [2.24, 2.45) is 5.92 Å². The smallest absolute Gasteiger partial charge is 0.200 e. The first-order chi connectivity index (χ1) is 10.2. The highest BCUT2D eigenvalue weighted by atomic mass is 16.5. The molecule has 21 heavy (non-hydrogen) atoms. The van der Waals surface area contributed by atoms with Gasteiger partial charge in [-0.15, -0.1) is 0 Å². The van der Waals surface area contributed by atoms with Crippen molar-refractivity contribution in [2.75, 3.05) is 40.4 Å². The number of rotatable bonds is 5. The number of phenolic OH excluding ortho intramolecular Hbond substituents is 1. The molecule has 116 valence electrons. The van der Waals surface area contributed by atoms with Crippen molar-refractivity contribution in [3.63, 3.8) is 0 Å². The van der Waals surface area contributed by atoms with Crippen LogP contribution >= 0.6 is 0 Å². The standard InChI is InChI=1S/C16H24N2O3/c1-20-13-9-12(10-14(21-2)16(13)19)15(11-3-4-11)18-7-5-17-6-8-18/h9-11,15,17,19H,3-8H2,1-2H3/t15-/m0/s1. The van der Waals surface area contributed by atoms with Gasteiger partial charge in [0.05, 0.1) is 14.2 Å². The third-order valence-corrected chi connectivity index (χ3v) is 4.46. The molecule has 1 saturated heterocycles. The van der Waals surface area contributed by atoms with Gasteiger partial charge in [0.2, 0.25) is 5.75 Å². The molecule has 5 heteroatoms. The second kappa shape index (κ2) is 6.12. The van der Waals surface area contributed by atoms with Crippen molar-refractivity contribution < 1.29 is 14.6 Å². The van der Waals surface area contributed by atoms with Gasteiger partial charge in [-0.25, -0.2) is 0 Å². The van der Waals surface area contributed by atoms with Gasteiger partial charge in [-0.3, -0.25) is 4.90 Å². The Bertz CT molecular complexity index is 471. The van der Waals surface area contributed by atoms with Crippen molar-refractivity contribution in [1.29, 1.82) is 0 Å². The van der Waals surface area contributed by atoms with Crippen LogP contribution in [-0.2, 0) is 0 Å². The molecule has 1 aromatic carbocycles. The average Bonchev–Trinajstić information content (AvgIpc) is 3.34. The molecular formula is C16H24N2O3. The Balaban J connectivity index is 1.94. The van der Waals surface area contributed by atoms with Crippen LogP contribution in [0.15, 0.2) is 12.1 Å². The van der Waals surface area contributed by atoms with E-state index in [1.807, 2.05) is 12.1 Å². The molecule has 1 heterocycles. The van der Waals surface area contributed by atoms with Gasteiger partial charge >= 0.3 is 0 Å². The Hall–Kier alpha value is -1.46. The summed E-state index contributed by atoms with van der Waals surface area (Å²) in [6, 6.07) is 4.32. The topological polar surface area (TPSA) is 54.0 Å². The third kappa shape index (κ3) is 2.94. The highest BCUT2D eigenvalue weighted by Gasteiger charge is 2.37. The summed E-state index contributed by atoms with van der Waals surface area (Å²) in [5, 5.41) is 13.5. The summed E-state index contributed by atoms with van der Waals surface area (Å²) < 4.78 is 10.6. The summed E-state index contributed by atoms with van der Waals surface area (Å²) >= 11 is 0. The zero-order chi connectivity index (χ0) is 14.8. The number of nitrogens with one attached hydrogen (secondary N) is 1. The molecule has 1 aliphatic heterocycles. The predicted octanol–water partition coefficient (Wildman–Crippen LogP) is 1.77. The van der Waals surface area contributed by atoms with Crippen LogP contribution in [-0.4, -0.2) is 50.4 Å². The third-order valence-electron chi connectivity index (χ3n) is 4.46. The molecule has 0 spiro atoms. The Kier molecular flexibility index (Phi) is 4.22. The molecule has 0 aromatic heterocycles. The lowest BCUT2D eigenvalue weighted by Crippen LogP contribution is -2.45. The van der Waals surface area contributed by atoms with E-state index in [1.54, 1.807) is 14.2 Å². The van der Waals surface area contributed by atoms with E-state index in [1.165, 1.54) is 18.4 Å². The normalized spacial score (nSPS) is 21.0. The summed E-state index contributed by atoms with van der Waals surface area (Å²) in [6.07, 6.45) is 2.56. The number of phenols is 1. The van der Waals surface area contributed by atoms with Gasteiger partial charge in [-0.05, 0) is 36.5 Å². The quantitative estimate of drug-likeness (QED) is 0.866. The van der Waals surface area contributed by atoms with Crippen LogP contribution in [0, 0.1) is 5.92 Å². The summed E-state index contributed by atoms with van der Waals surface area (Å²) in [4.78, 5) is 2.54. The Labute approximate surface area is 125 Å². The second-order valence-corrected chi connectivity index (χ2v) is 5.84. The summed E-state index contributed by atoms with van der Waals surface area (Å²) in [6.45, 7) is 4.20. The van der Waals surface area contributed by atoms with Crippen molar-refractivity contribution in [1.82, 2.24) is 10.2 Å². The minimum Gasteiger partial charge on any atom is -0.502 e. The molecule has 3 rings (SSSR count). The van der Waals surface area contributed by atoms with E-state index in [0.717, 1.165) is 26.2 Å². The van der Waals surface area contributed by atoms with Gasteiger partial charge in [0.25, 0.3) is 0 Å². The van der Waals surface area contributed by atoms with E-state index in [4.69, 9.17) is 9.47 Å². The first kappa shape index (κ1) is 14.5. The summed E-state index contributed by atoms with van der Waals surface area (Å²) in [5.74, 6) is 1.77. The molecule has 0 radical (unpaired) electrons. The van der Waals surface area contributed by atoms with E-state index in [9.17, 15) is 5.11 Å². The maximum atomic E-state index is 10.1. The number of ether oxygens (including phenoxy) is 2. The minimum atomic E-state index is 0.0820. The van der Waals surface area contributed by atoms with Gasteiger partial charge in [-0.2, -0.15) is 0 Å². The fourth-order valence-corrected chi connectivity index (χ4v) is 3.24. The van der Waals surface area contributed by atoms with E-state index in [0.29, 0.717) is 23.5 Å². The van der Waals surface area contributed by atoms with E-state index < -0.39 is 0 Å². The molecule has 5 nitrogen and oxygen atoms in total. The van der Waals surface area contributed by atoms with Crippen molar-refractivity contribution in [3.05, 3.63) is 17.7 Å². The van der Waals surface area contributed by atoms with Gasteiger partial charge in [0, 0.05) is 32.2 Å². The number of hydrogen-bond donors (Lipinski definition) is 2. The highest BCUT2D eigenvalue weighted by Crippen LogP contribution is 2.48. The largest absolute Gasteiger partial charge is 0.502 e. The number of benzene rings is 1. The Morgan fingerprint density at radius 2 is 1.71 bits per heavy atom. The molecule has 2 fully saturated rings. The van der Waals surface area contributed by atoms with E-state index in [-0.39, 0.29) is 5.75 Å². The van der Waals surface area contributed by atoms with Crippen molar-refractivity contribution in [3.8, 4) is 17.2 Å². The number of hydrogen-bond acceptors (Lipinski definition) is 5. The molecule has 1 aromatic rings. The van der Waals surface area contributed by atoms with Crippen LogP contribution in [0.25, 0.3) is 0 Å². The molecule has 0 unspecified atom stereocenters. The monoisotopic (exact) mass is 292 g/mol. The molecule has 0 amide bonds. The predicted molar refractivity (Wildman–Crippen MR) is 81.1 cm³/mol. The number of nitrogens with zero attached hydrogens (tertiary/aromatic N) is 1. The first-order valence-electron chi connectivity index (χ1n) is 7.64. The molecule has 1 saturated carbocycles. The number of methoxy groups -OCH3 is 2. The van der Waals surface area contributed by atoms with Crippen LogP contribution in [0.4, 0.5) is 0 Å². The Morgan fingerprint density at radius 3 is 2.19 bits per heavy atom. The molecule has 2 aliphatic rings. The lowest BCUT2D eigenvalue weighted by atomic mass is 9.98. The zero-order valence-electron chi connectivity index (χ0n) is 12.8. The number of piperazine rings is 1. The maximum Gasteiger partial charge on any atom is 0.200 e. The SMILES string of the molecule is COc1cc([C@H](C2CC2)N2CCNCC2)cc(OC)c1O. The van der Waals surface area contributed by atoms with E-state index in [2.05, 4.69) is 10.2 Å². The van der Waals surface area contributed by atoms with Crippen LogP contribution in [0.5, 0.6) is 17.2 Å². The van der Waals surface area contributed by atoms with Crippen molar-refractivity contribution in [2.45, 2.75) is 18.9 Å². The average molecular weight is 292 g/mol. The van der Waals surface area contributed by atoms with Crippen LogP contribution < -0.4 is 14.8 Å². The maximum absolute atomic E-state index is 10.1. The lowest BCUT2D eigenvalue weighted by Gasteiger charge is -2.35. The number of aromatic hydroxyl groups is 1. The minimum absolute atomic E-state index is 0.0820. The van der Waals surface area contributed by atoms with Crippen LogP contribution in [0.3, 0.4) is 0 Å². The second-order valence-electron chi connectivity index (χ2n) is 5.84. The Morgan fingerprint density at radius 1 is 1.14 bits per heavy atom. The first-order valence-corrected chi connectivity index (χ1v) is 7.64. The molecule has 1 atom stereocenters. The van der Waals surface area contributed by atoms with E-state index >= 15 is 0 Å². The van der Waals surface area contributed by atoms with Gasteiger partial charge in [0.1, 0.15) is 0 Å². The zero-order valence-corrected chi connectivity index (χ0v) is 12.8. The molecule has 2 N–H and O–H groups in total. The van der Waals surface area contributed by atoms with Gasteiger partial charge in [-0.1, -0.05) is 0 Å². The van der Waals surface area contributed by atoms with Gasteiger partial charge in [0.15, 0.2) is 11.5 Å².